The zero-order valence-corrected chi connectivity index (χ0v) is 28.6. The second kappa shape index (κ2) is 16.5. The highest BCUT2D eigenvalue weighted by Gasteiger charge is 2.27. The summed E-state index contributed by atoms with van der Waals surface area (Å²) in [6.45, 7) is 23.6. The average molecular weight is 627 g/mol. The van der Waals surface area contributed by atoms with E-state index in [1.807, 2.05) is 12.1 Å². The van der Waals surface area contributed by atoms with Gasteiger partial charge in [-0.25, -0.2) is 4.98 Å². The van der Waals surface area contributed by atoms with E-state index in [0.717, 1.165) is 46.8 Å². The fourth-order valence-electron chi connectivity index (χ4n) is 4.87. The van der Waals surface area contributed by atoms with Gasteiger partial charge in [-0.15, -0.1) is 24.8 Å². The van der Waals surface area contributed by atoms with E-state index < -0.39 is 0 Å². The minimum atomic E-state index is -0.217. The second-order valence-corrected chi connectivity index (χ2v) is 12.5. The molecule has 238 valence electrons. The summed E-state index contributed by atoms with van der Waals surface area (Å²) in [4.78, 5) is 4.78. The molecular weight excluding hydrogens is 573 g/mol. The molecule has 0 radical (unpaired) electrons. The third-order valence-electron chi connectivity index (χ3n) is 7.16. The minimum Gasteiger partial charge on any atom is -0.507 e. The molecule has 0 bridgehead atoms. The van der Waals surface area contributed by atoms with Gasteiger partial charge in [-0.1, -0.05) is 61.5 Å². The molecule has 2 atom stereocenters. The molecule has 0 spiro atoms. The van der Waals surface area contributed by atoms with Gasteiger partial charge in [0.05, 0.1) is 12.3 Å². The first kappa shape index (κ1) is 39.7. The number of aromatic nitrogens is 1. The molecule has 5 N–H and O–H groups in total. The Balaban J connectivity index is 0.00000560. The van der Waals surface area contributed by atoms with Gasteiger partial charge in [0.25, 0.3) is 0 Å². The first-order valence-corrected chi connectivity index (χ1v) is 14.3. The van der Waals surface area contributed by atoms with E-state index in [1.165, 1.54) is 5.56 Å². The summed E-state index contributed by atoms with van der Waals surface area (Å²) in [6, 6.07) is 10.9. The summed E-state index contributed by atoms with van der Waals surface area (Å²) in [5, 5.41) is 18.1. The van der Waals surface area contributed by atoms with Crippen molar-refractivity contribution in [1.82, 2.24) is 15.6 Å². The molecule has 9 heteroatoms. The Morgan fingerprint density at radius 2 is 1.43 bits per heavy atom. The largest absolute Gasteiger partial charge is 0.507 e. The average Bonchev–Trinajstić information content (AvgIpc) is 3.32. The lowest BCUT2D eigenvalue weighted by Gasteiger charge is -2.27. The Bertz CT molecular complexity index is 1210. The summed E-state index contributed by atoms with van der Waals surface area (Å²) in [7, 11) is 0. The molecule has 0 amide bonds. The van der Waals surface area contributed by atoms with Gasteiger partial charge in [-0.2, -0.15) is 0 Å². The molecule has 0 aliphatic carbocycles. The van der Waals surface area contributed by atoms with Crippen molar-refractivity contribution in [2.75, 3.05) is 19.7 Å². The number of rotatable bonds is 11. The number of halogens is 2. The maximum absolute atomic E-state index is 11.1. The molecule has 0 saturated carbocycles. The molecule has 1 aromatic heterocycles. The predicted molar refractivity (Wildman–Crippen MR) is 179 cm³/mol. The molecule has 0 saturated heterocycles. The summed E-state index contributed by atoms with van der Waals surface area (Å²) in [5.74, 6) is 1.81. The highest BCUT2D eigenvalue weighted by molar-refractivity contribution is 5.85. The maximum atomic E-state index is 11.1. The smallest absolute Gasteiger partial charge is 0.226 e. The number of oxazole rings is 1. The number of nitrogens with zero attached hydrogens (tertiary/aromatic N) is 1. The normalized spacial score (nSPS) is 12.9. The summed E-state index contributed by atoms with van der Waals surface area (Å²) in [5.41, 5.74) is 5.48. The Morgan fingerprint density at radius 3 is 1.95 bits per heavy atom. The van der Waals surface area contributed by atoms with Gasteiger partial charge in [-0.3, -0.25) is 0 Å². The van der Waals surface area contributed by atoms with Crippen LogP contribution in [0.25, 0.3) is 11.5 Å². The zero-order chi connectivity index (χ0) is 29.0. The number of phenolic OH excluding ortho intramolecular Hbond substituents is 1. The molecule has 42 heavy (non-hydrogen) atoms. The topological polar surface area (TPSA) is 111 Å². The van der Waals surface area contributed by atoms with Crippen LogP contribution >= 0.6 is 24.8 Å². The minimum absolute atomic E-state index is 0. The van der Waals surface area contributed by atoms with Crippen LogP contribution < -0.4 is 15.4 Å². The van der Waals surface area contributed by atoms with Gasteiger partial charge in [-0.05, 0) is 67.6 Å². The van der Waals surface area contributed by atoms with Crippen molar-refractivity contribution < 1.29 is 19.7 Å². The number of benzene rings is 2. The van der Waals surface area contributed by atoms with Crippen LogP contribution in [0.3, 0.4) is 0 Å². The van der Waals surface area contributed by atoms with E-state index in [-0.39, 0.29) is 53.2 Å². The van der Waals surface area contributed by atoms with Crippen molar-refractivity contribution in [3.8, 4) is 23.0 Å². The Labute approximate surface area is 265 Å². The van der Waals surface area contributed by atoms with Gasteiger partial charge < -0.3 is 30.4 Å². The van der Waals surface area contributed by atoms with Crippen LogP contribution in [-0.4, -0.2) is 35.3 Å². The molecule has 2 unspecified atom stereocenters. The van der Waals surface area contributed by atoms with Crippen molar-refractivity contribution in [1.29, 1.82) is 0 Å². The highest BCUT2D eigenvalue weighted by atomic mass is 35.5. The van der Waals surface area contributed by atoms with Crippen molar-refractivity contribution in [3.63, 3.8) is 0 Å². The molecule has 1 heterocycles. The third kappa shape index (κ3) is 9.88. The number of phenols is 1. The second-order valence-electron chi connectivity index (χ2n) is 12.5. The molecule has 3 aromatic rings. The van der Waals surface area contributed by atoms with Crippen molar-refractivity contribution in [2.24, 2.45) is 0 Å². The van der Waals surface area contributed by atoms with E-state index in [9.17, 15) is 5.11 Å². The number of hydrogen-bond donors (Lipinski definition) is 3. The van der Waals surface area contributed by atoms with Crippen LogP contribution in [0.1, 0.15) is 109 Å². The predicted octanol–water partition coefficient (Wildman–Crippen LogP) is 7.62. The van der Waals surface area contributed by atoms with Gasteiger partial charge in [0.1, 0.15) is 17.8 Å². The highest BCUT2D eigenvalue weighted by Crippen LogP contribution is 2.41. The molecule has 3 rings (SSSR count). The third-order valence-corrected chi connectivity index (χ3v) is 7.16. The van der Waals surface area contributed by atoms with E-state index in [0.29, 0.717) is 24.7 Å². The summed E-state index contributed by atoms with van der Waals surface area (Å²) in [6.07, 6.45) is 2.34. The molecular formula is C33H53Cl2N3O4. The van der Waals surface area contributed by atoms with E-state index in [4.69, 9.17) is 14.1 Å². The zero-order valence-electron chi connectivity index (χ0n) is 27.0. The number of nitrogens with one attached hydrogen (secondary N) is 2. The number of hydrogen-bond acceptors (Lipinski definition) is 6. The van der Waals surface area contributed by atoms with Crippen LogP contribution in [-0.2, 0) is 17.3 Å². The quantitative estimate of drug-likeness (QED) is 0.202. The van der Waals surface area contributed by atoms with Crippen LogP contribution in [0.5, 0.6) is 11.5 Å². The maximum Gasteiger partial charge on any atom is 0.226 e. The van der Waals surface area contributed by atoms with Crippen molar-refractivity contribution in [2.45, 2.75) is 98.6 Å². The van der Waals surface area contributed by atoms with Crippen molar-refractivity contribution >= 4 is 24.8 Å². The van der Waals surface area contributed by atoms with E-state index in [1.54, 1.807) is 6.26 Å². The standard InChI is InChI=1S/C33H49N3O3.2ClH.H2O/c1-11-34-21(3)23-13-14-29(26(17-23)22(4)35-12-2)38-16-15-25-20-39-31(36-25)24-18-27(32(5,6)7)30(37)28(19-24)33(8,9)10;;;/h13-14,17-22,34-35,37H,11-12,15-16H2,1-10H3;2*1H;1H2. The fraction of sp³-hybridized carbons (Fsp3) is 0.545. The summed E-state index contributed by atoms with van der Waals surface area (Å²) >= 11 is 0. The molecule has 2 aromatic carbocycles. The van der Waals surface area contributed by atoms with E-state index in [2.05, 4.69) is 98.1 Å². The monoisotopic (exact) mass is 625 g/mol. The lowest BCUT2D eigenvalue weighted by Crippen LogP contribution is -2.21. The van der Waals surface area contributed by atoms with Crippen LogP contribution in [0.15, 0.2) is 41.0 Å². The molecule has 0 aliphatic heterocycles. The first-order valence-electron chi connectivity index (χ1n) is 14.3. The van der Waals surface area contributed by atoms with Crippen molar-refractivity contribution in [3.05, 3.63) is 64.5 Å². The molecule has 0 aliphatic rings. The fourth-order valence-corrected chi connectivity index (χ4v) is 4.87. The lowest BCUT2D eigenvalue weighted by atomic mass is 9.78. The van der Waals surface area contributed by atoms with Gasteiger partial charge in [0.15, 0.2) is 0 Å². The Kier molecular flexibility index (Phi) is 15.6. The van der Waals surface area contributed by atoms with E-state index >= 15 is 0 Å². The lowest BCUT2D eigenvalue weighted by molar-refractivity contribution is 0.313. The Morgan fingerprint density at radius 1 is 0.881 bits per heavy atom. The number of ether oxygens (including phenoxy) is 1. The Hall–Kier alpha value is -2.29. The number of aromatic hydroxyl groups is 1. The van der Waals surface area contributed by atoms with Gasteiger partial charge >= 0.3 is 0 Å². The molecule has 7 nitrogen and oxygen atoms in total. The van der Waals surface area contributed by atoms with Gasteiger partial charge in [0, 0.05) is 40.8 Å². The van der Waals surface area contributed by atoms with Crippen LogP contribution in [0, 0.1) is 0 Å². The van der Waals surface area contributed by atoms with Gasteiger partial charge in [0.2, 0.25) is 5.89 Å². The first-order chi connectivity index (χ1) is 18.3. The SMILES string of the molecule is CCNC(C)c1ccc(OCCc2coc(-c3cc(C(C)(C)C)c(O)c(C(C)(C)C)c3)n2)c(C(C)NCC)c1.Cl.Cl.O. The summed E-state index contributed by atoms with van der Waals surface area (Å²) < 4.78 is 12.2. The van der Waals surface area contributed by atoms with Crippen LogP contribution in [0.4, 0.5) is 0 Å². The molecule has 0 fully saturated rings. The van der Waals surface area contributed by atoms with Crippen LogP contribution in [0.2, 0.25) is 0 Å².